The molecule has 0 fully saturated rings. The minimum absolute atomic E-state index is 0.252. The molecule has 0 saturated carbocycles. The fraction of sp³-hybridized carbons (Fsp3) is 0.667. The van der Waals surface area contributed by atoms with Crippen molar-refractivity contribution < 1.29 is 9.90 Å². The standard InChI is InChI=1S/C3H7IN2O2/c4-6-2(1-7)3(5)8/h2,6-7H,1H2,(H2,5,8)/t2-/m0/s1. The van der Waals surface area contributed by atoms with Gasteiger partial charge in [0.1, 0.15) is 6.04 Å². The van der Waals surface area contributed by atoms with Crippen molar-refractivity contribution >= 4 is 28.8 Å². The van der Waals surface area contributed by atoms with E-state index < -0.39 is 11.9 Å². The van der Waals surface area contributed by atoms with E-state index in [0.29, 0.717) is 0 Å². The molecule has 0 spiro atoms. The first-order valence-corrected chi connectivity index (χ1v) is 3.06. The summed E-state index contributed by atoms with van der Waals surface area (Å²) in [5, 5.41) is 8.33. The molecule has 4 nitrogen and oxygen atoms in total. The fourth-order valence-electron chi connectivity index (χ4n) is 0.178. The van der Waals surface area contributed by atoms with Gasteiger partial charge in [0.25, 0.3) is 0 Å². The van der Waals surface area contributed by atoms with Crippen molar-refractivity contribution in [2.75, 3.05) is 6.61 Å². The second-order valence-electron chi connectivity index (χ2n) is 1.25. The van der Waals surface area contributed by atoms with Crippen LogP contribution in [0.4, 0.5) is 0 Å². The Labute approximate surface area is 60.9 Å². The topological polar surface area (TPSA) is 75.4 Å². The van der Waals surface area contributed by atoms with Crippen molar-refractivity contribution in [3.63, 3.8) is 0 Å². The summed E-state index contributed by atoms with van der Waals surface area (Å²) >= 11 is 1.75. The zero-order valence-electron chi connectivity index (χ0n) is 4.10. The number of nitrogens with two attached hydrogens (primary N) is 1. The van der Waals surface area contributed by atoms with E-state index in [1.807, 2.05) is 0 Å². The lowest BCUT2D eigenvalue weighted by atomic mass is 10.3. The summed E-state index contributed by atoms with van der Waals surface area (Å²) in [5.41, 5.74) is 4.79. The second kappa shape index (κ2) is 4.04. The van der Waals surface area contributed by atoms with Gasteiger partial charge in [-0.25, -0.2) is 3.53 Å². The van der Waals surface area contributed by atoms with Gasteiger partial charge in [0.15, 0.2) is 0 Å². The summed E-state index contributed by atoms with van der Waals surface area (Å²) in [4.78, 5) is 10.2. The Balaban J connectivity index is 3.52. The Morgan fingerprint density at radius 1 is 2.00 bits per heavy atom. The molecule has 0 aliphatic heterocycles. The smallest absolute Gasteiger partial charge is 0.237 e. The lowest BCUT2D eigenvalue weighted by Crippen LogP contribution is -2.39. The maximum Gasteiger partial charge on any atom is 0.237 e. The number of aliphatic hydroxyl groups is 1. The highest BCUT2D eigenvalue weighted by atomic mass is 127. The molecule has 0 bridgehead atoms. The molecular formula is C3H7IN2O2. The molecule has 8 heavy (non-hydrogen) atoms. The van der Waals surface area contributed by atoms with E-state index in [1.54, 1.807) is 22.9 Å². The quantitative estimate of drug-likeness (QED) is 0.420. The van der Waals surface area contributed by atoms with Gasteiger partial charge < -0.3 is 10.8 Å². The van der Waals surface area contributed by atoms with Gasteiger partial charge in [-0.05, 0) is 0 Å². The SMILES string of the molecule is NC(=O)[C@H](CO)NI. The number of halogens is 1. The molecule has 1 amide bonds. The maximum absolute atomic E-state index is 10.2. The first-order valence-electron chi connectivity index (χ1n) is 1.98. The van der Waals surface area contributed by atoms with Gasteiger partial charge >= 0.3 is 0 Å². The van der Waals surface area contributed by atoms with Crippen molar-refractivity contribution in [1.29, 1.82) is 0 Å². The molecule has 0 aliphatic rings. The van der Waals surface area contributed by atoms with Crippen LogP contribution in [0, 0.1) is 0 Å². The highest BCUT2D eigenvalue weighted by Gasteiger charge is 2.09. The third-order valence-corrected chi connectivity index (χ3v) is 1.41. The summed E-state index contributed by atoms with van der Waals surface area (Å²) < 4.78 is 2.50. The molecule has 0 aromatic carbocycles. The average Bonchev–Trinajstić information content (AvgIpc) is 1.69. The highest BCUT2D eigenvalue weighted by molar-refractivity contribution is 14.1. The van der Waals surface area contributed by atoms with Gasteiger partial charge in [-0.15, -0.1) is 0 Å². The monoisotopic (exact) mass is 230 g/mol. The van der Waals surface area contributed by atoms with Crippen LogP contribution in [0.5, 0.6) is 0 Å². The summed E-state index contributed by atoms with van der Waals surface area (Å²) in [5.74, 6) is -0.540. The van der Waals surface area contributed by atoms with E-state index >= 15 is 0 Å². The van der Waals surface area contributed by atoms with Crippen molar-refractivity contribution in [3.8, 4) is 0 Å². The summed E-state index contributed by atoms with van der Waals surface area (Å²) in [6.45, 7) is -0.252. The minimum atomic E-state index is -0.615. The maximum atomic E-state index is 10.2. The number of hydrogen-bond donors (Lipinski definition) is 3. The zero-order chi connectivity index (χ0) is 6.57. The number of hydrogen-bond acceptors (Lipinski definition) is 3. The Morgan fingerprint density at radius 2 is 2.50 bits per heavy atom. The summed E-state index contributed by atoms with van der Waals surface area (Å²) in [6.07, 6.45) is 0. The Morgan fingerprint density at radius 3 is 2.50 bits per heavy atom. The molecule has 48 valence electrons. The first-order chi connectivity index (χ1) is 3.72. The van der Waals surface area contributed by atoms with Crippen LogP contribution in [0.3, 0.4) is 0 Å². The first kappa shape index (κ1) is 8.12. The van der Waals surface area contributed by atoms with Gasteiger partial charge in [-0.2, -0.15) is 0 Å². The molecule has 0 radical (unpaired) electrons. The molecule has 1 atom stereocenters. The molecule has 4 N–H and O–H groups in total. The summed E-state index contributed by atoms with van der Waals surface area (Å²) in [6, 6.07) is -0.615. The summed E-state index contributed by atoms with van der Waals surface area (Å²) in [7, 11) is 0. The van der Waals surface area contributed by atoms with Gasteiger partial charge in [0, 0.05) is 22.9 Å². The third-order valence-electron chi connectivity index (χ3n) is 0.658. The van der Waals surface area contributed by atoms with E-state index in [1.165, 1.54) is 0 Å². The average molecular weight is 230 g/mol. The van der Waals surface area contributed by atoms with E-state index in [-0.39, 0.29) is 6.61 Å². The van der Waals surface area contributed by atoms with Crippen molar-refractivity contribution in [3.05, 3.63) is 0 Å². The van der Waals surface area contributed by atoms with Crippen molar-refractivity contribution in [2.24, 2.45) is 5.73 Å². The van der Waals surface area contributed by atoms with Gasteiger partial charge in [-0.3, -0.25) is 4.79 Å². The molecule has 0 unspecified atom stereocenters. The van der Waals surface area contributed by atoms with Crippen LogP contribution in [-0.2, 0) is 4.79 Å². The predicted molar refractivity (Wildman–Crippen MR) is 37.2 cm³/mol. The Kier molecular flexibility index (Phi) is 4.11. The molecule has 0 heterocycles. The number of carbonyl (C=O) groups excluding carboxylic acids is 1. The fourth-order valence-corrected chi connectivity index (χ4v) is 0.682. The lowest BCUT2D eigenvalue weighted by molar-refractivity contribution is -0.120. The highest BCUT2D eigenvalue weighted by Crippen LogP contribution is 1.82. The van der Waals surface area contributed by atoms with Crippen LogP contribution >= 0.6 is 22.9 Å². The molecule has 0 rings (SSSR count). The van der Waals surface area contributed by atoms with Crippen LogP contribution in [-0.4, -0.2) is 23.7 Å². The largest absolute Gasteiger partial charge is 0.394 e. The van der Waals surface area contributed by atoms with Crippen LogP contribution in [0.15, 0.2) is 0 Å². The minimum Gasteiger partial charge on any atom is -0.394 e. The Hall–Kier alpha value is 0.120. The number of carbonyl (C=O) groups is 1. The van der Waals surface area contributed by atoms with E-state index in [9.17, 15) is 4.79 Å². The predicted octanol–water partition coefficient (Wildman–Crippen LogP) is -1.23. The van der Waals surface area contributed by atoms with Crippen LogP contribution < -0.4 is 9.26 Å². The van der Waals surface area contributed by atoms with E-state index in [4.69, 9.17) is 10.8 Å². The van der Waals surface area contributed by atoms with Crippen LogP contribution in [0.1, 0.15) is 0 Å². The van der Waals surface area contributed by atoms with Crippen molar-refractivity contribution in [2.45, 2.75) is 6.04 Å². The molecule has 0 saturated heterocycles. The number of aliphatic hydroxyl groups excluding tert-OH is 1. The Bertz CT molecular complexity index is 83.4. The van der Waals surface area contributed by atoms with Gasteiger partial charge in [0.05, 0.1) is 6.61 Å². The van der Waals surface area contributed by atoms with Crippen molar-refractivity contribution in [1.82, 2.24) is 3.53 Å². The van der Waals surface area contributed by atoms with E-state index in [2.05, 4.69) is 3.53 Å². The number of nitrogens with one attached hydrogen (secondary N) is 1. The lowest BCUT2D eigenvalue weighted by Gasteiger charge is -2.04. The third kappa shape index (κ3) is 2.43. The molecule has 0 aliphatic carbocycles. The van der Waals surface area contributed by atoms with E-state index in [0.717, 1.165) is 0 Å². The molecule has 0 aromatic rings. The molecular weight excluding hydrogens is 223 g/mol. The van der Waals surface area contributed by atoms with Crippen LogP contribution in [0.25, 0.3) is 0 Å². The van der Waals surface area contributed by atoms with Gasteiger partial charge in [-0.1, -0.05) is 0 Å². The number of amides is 1. The molecule has 0 aromatic heterocycles. The normalized spacial score (nSPS) is 13.2. The number of primary amides is 1. The number of rotatable bonds is 3. The molecule has 5 heteroatoms. The zero-order valence-corrected chi connectivity index (χ0v) is 6.25. The van der Waals surface area contributed by atoms with Crippen LogP contribution in [0.2, 0.25) is 0 Å². The second-order valence-corrected chi connectivity index (χ2v) is 1.87. The van der Waals surface area contributed by atoms with Gasteiger partial charge in [0.2, 0.25) is 5.91 Å².